The highest BCUT2D eigenvalue weighted by Crippen LogP contribution is 2.26. The molecule has 1 unspecified atom stereocenters. The van der Waals surface area contributed by atoms with E-state index in [-0.39, 0.29) is 22.8 Å². The number of hydrogen-bond acceptors (Lipinski definition) is 6. The maximum absolute atomic E-state index is 12.5. The van der Waals surface area contributed by atoms with Crippen molar-refractivity contribution in [3.8, 4) is 5.75 Å². The highest BCUT2D eigenvalue weighted by atomic mass is 32.2. The maximum Gasteiger partial charge on any atom is 0.273 e. The first-order valence-corrected chi connectivity index (χ1v) is 10.8. The summed E-state index contributed by atoms with van der Waals surface area (Å²) in [5.41, 5.74) is 0.518. The maximum atomic E-state index is 12.5. The molecule has 1 atom stereocenters. The van der Waals surface area contributed by atoms with E-state index in [0.29, 0.717) is 31.1 Å². The molecule has 27 heavy (non-hydrogen) atoms. The Labute approximate surface area is 163 Å². The predicted octanol–water partition coefficient (Wildman–Crippen LogP) is 2.20. The fourth-order valence-corrected chi connectivity index (χ4v) is 5.07. The molecule has 146 valence electrons. The van der Waals surface area contributed by atoms with Gasteiger partial charge in [0.05, 0.1) is 18.4 Å². The van der Waals surface area contributed by atoms with Crippen LogP contribution in [0.3, 0.4) is 0 Å². The minimum atomic E-state index is -3.57. The lowest BCUT2D eigenvalue weighted by Crippen LogP contribution is -2.46. The summed E-state index contributed by atoms with van der Waals surface area (Å²) in [6.07, 6.45) is 0.0304. The molecule has 2 aromatic rings. The summed E-state index contributed by atoms with van der Waals surface area (Å²) in [6.45, 7) is 3.53. The molecule has 1 aliphatic rings. The summed E-state index contributed by atoms with van der Waals surface area (Å²) < 4.78 is 37.6. The normalized spacial score (nSPS) is 17.6. The van der Waals surface area contributed by atoms with Gasteiger partial charge in [-0.15, -0.1) is 11.3 Å². The second-order valence-corrected chi connectivity index (χ2v) is 9.35. The summed E-state index contributed by atoms with van der Waals surface area (Å²) in [4.78, 5) is 13.9. The fraction of sp³-hybridized carbons (Fsp3) is 0.389. The molecule has 1 aliphatic heterocycles. The Morgan fingerprint density at radius 2 is 2.07 bits per heavy atom. The lowest BCUT2D eigenvalue weighted by atomic mass is 10.3. The van der Waals surface area contributed by atoms with E-state index in [1.807, 2.05) is 6.92 Å². The van der Waals surface area contributed by atoms with Gasteiger partial charge in [-0.1, -0.05) is 6.07 Å². The van der Waals surface area contributed by atoms with Gasteiger partial charge in [-0.25, -0.2) is 8.42 Å². The van der Waals surface area contributed by atoms with Crippen LogP contribution in [-0.4, -0.2) is 58.7 Å². The minimum Gasteiger partial charge on any atom is -0.484 e. The Morgan fingerprint density at radius 3 is 2.70 bits per heavy atom. The van der Waals surface area contributed by atoms with Crippen LogP contribution < -0.4 is 9.04 Å². The standard InChI is InChI=1S/C18H22N2O5S2/c1-14-12-20(9-10-24-14)17(21)13-25-16-7-5-15(6-8-16)19(2)27(22,23)18-4-3-11-26-18/h3-8,11,14H,9-10,12-13H2,1-2H3. The zero-order valence-electron chi connectivity index (χ0n) is 15.2. The summed E-state index contributed by atoms with van der Waals surface area (Å²) in [6, 6.07) is 9.90. The Morgan fingerprint density at radius 1 is 1.33 bits per heavy atom. The van der Waals surface area contributed by atoms with Gasteiger partial charge in [0, 0.05) is 20.1 Å². The van der Waals surface area contributed by atoms with Gasteiger partial charge >= 0.3 is 0 Å². The van der Waals surface area contributed by atoms with E-state index in [9.17, 15) is 13.2 Å². The smallest absolute Gasteiger partial charge is 0.273 e. The minimum absolute atomic E-state index is 0.0304. The summed E-state index contributed by atoms with van der Waals surface area (Å²) in [5, 5.41) is 1.73. The molecule has 0 spiro atoms. The van der Waals surface area contributed by atoms with Crippen molar-refractivity contribution in [3.05, 3.63) is 41.8 Å². The number of carbonyl (C=O) groups is 1. The van der Waals surface area contributed by atoms with Crippen molar-refractivity contribution in [1.29, 1.82) is 0 Å². The lowest BCUT2D eigenvalue weighted by molar-refractivity contribution is -0.140. The number of carbonyl (C=O) groups excluding carboxylic acids is 1. The van der Waals surface area contributed by atoms with Crippen molar-refractivity contribution in [2.75, 3.05) is 37.7 Å². The van der Waals surface area contributed by atoms with E-state index >= 15 is 0 Å². The molecule has 0 aliphatic carbocycles. The zero-order chi connectivity index (χ0) is 19.4. The van der Waals surface area contributed by atoms with Gasteiger partial charge in [-0.3, -0.25) is 9.10 Å². The molecule has 9 heteroatoms. The molecular weight excluding hydrogens is 388 g/mol. The highest BCUT2D eigenvalue weighted by molar-refractivity contribution is 7.94. The first kappa shape index (κ1) is 19.7. The topological polar surface area (TPSA) is 76.2 Å². The molecule has 1 saturated heterocycles. The summed E-state index contributed by atoms with van der Waals surface area (Å²) in [5.74, 6) is 0.418. The van der Waals surface area contributed by atoms with Gasteiger partial charge in [0.15, 0.2) is 6.61 Å². The van der Waals surface area contributed by atoms with Crippen LogP contribution in [0.2, 0.25) is 0 Å². The Bertz CT molecular complexity index is 866. The monoisotopic (exact) mass is 410 g/mol. The van der Waals surface area contributed by atoms with Crippen LogP contribution in [0.5, 0.6) is 5.75 Å². The van der Waals surface area contributed by atoms with Gasteiger partial charge in [0.2, 0.25) is 0 Å². The van der Waals surface area contributed by atoms with Gasteiger partial charge in [0.1, 0.15) is 9.96 Å². The lowest BCUT2D eigenvalue weighted by Gasteiger charge is -2.31. The Kier molecular flexibility index (Phi) is 6.03. The van der Waals surface area contributed by atoms with Crippen LogP contribution >= 0.6 is 11.3 Å². The van der Waals surface area contributed by atoms with Crippen LogP contribution in [0.4, 0.5) is 5.69 Å². The molecule has 1 amide bonds. The summed E-state index contributed by atoms with van der Waals surface area (Å²) >= 11 is 1.18. The van der Waals surface area contributed by atoms with Crippen molar-refractivity contribution in [2.45, 2.75) is 17.2 Å². The Hall–Kier alpha value is -2.10. The largest absolute Gasteiger partial charge is 0.484 e. The third-order valence-electron chi connectivity index (χ3n) is 4.27. The molecule has 0 radical (unpaired) electrons. The van der Waals surface area contributed by atoms with Crippen molar-refractivity contribution in [1.82, 2.24) is 4.90 Å². The second kappa shape index (κ2) is 8.28. The molecule has 0 bridgehead atoms. The molecular formula is C18H22N2O5S2. The number of benzene rings is 1. The quantitative estimate of drug-likeness (QED) is 0.730. The molecule has 0 saturated carbocycles. The van der Waals surface area contributed by atoms with Gasteiger partial charge < -0.3 is 14.4 Å². The number of morpholine rings is 1. The molecule has 1 aromatic heterocycles. The first-order valence-electron chi connectivity index (χ1n) is 8.52. The summed E-state index contributed by atoms with van der Waals surface area (Å²) in [7, 11) is -2.06. The third-order valence-corrected chi connectivity index (χ3v) is 7.42. The number of nitrogens with zero attached hydrogens (tertiary/aromatic N) is 2. The highest BCUT2D eigenvalue weighted by Gasteiger charge is 2.23. The third kappa shape index (κ3) is 4.60. The molecule has 3 rings (SSSR count). The van der Waals surface area contributed by atoms with E-state index in [1.165, 1.54) is 22.7 Å². The van der Waals surface area contributed by atoms with Crippen LogP contribution in [0.1, 0.15) is 6.92 Å². The number of anilines is 1. The van der Waals surface area contributed by atoms with Crippen molar-refractivity contribution in [2.24, 2.45) is 0 Å². The van der Waals surface area contributed by atoms with Gasteiger partial charge in [0.25, 0.3) is 15.9 Å². The van der Waals surface area contributed by atoms with E-state index in [0.717, 1.165) is 0 Å². The van der Waals surface area contributed by atoms with Crippen molar-refractivity contribution < 1.29 is 22.7 Å². The van der Waals surface area contributed by atoms with E-state index < -0.39 is 10.0 Å². The van der Waals surface area contributed by atoms with Gasteiger partial charge in [-0.05, 0) is 42.6 Å². The SMILES string of the molecule is CC1CN(C(=O)COc2ccc(N(C)S(=O)(=O)c3cccs3)cc2)CCO1. The number of thiophene rings is 1. The van der Waals surface area contributed by atoms with Crippen molar-refractivity contribution >= 4 is 33.0 Å². The van der Waals surface area contributed by atoms with Crippen LogP contribution in [-0.2, 0) is 19.6 Å². The predicted molar refractivity (Wildman–Crippen MR) is 104 cm³/mol. The fourth-order valence-electron chi connectivity index (χ4n) is 2.72. The molecule has 7 nitrogen and oxygen atoms in total. The Balaban J connectivity index is 1.59. The number of amides is 1. The first-order chi connectivity index (χ1) is 12.9. The van der Waals surface area contributed by atoms with E-state index in [4.69, 9.17) is 9.47 Å². The van der Waals surface area contributed by atoms with Crippen LogP contribution in [0.15, 0.2) is 46.0 Å². The average molecular weight is 411 g/mol. The van der Waals surface area contributed by atoms with Crippen LogP contribution in [0.25, 0.3) is 0 Å². The molecule has 0 N–H and O–H groups in total. The number of rotatable bonds is 6. The molecule has 1 fully saturated rings. The zero-order valence-corrected chi connectivity index (χ0v) is 16.8. The molecule has 2 heterocycles. The average Bonchev–Trinajstić information content (AvgIpc) is 3.21. The molecule has 1 aromatic carbocycles. The van der Waals surface area contributed by atoms with E-state index in [1.54, 1.807) is 46.7 Å². The second-order valence-electron chi connectivity index (χ2n) is 6.21. The van der Waals surface area contributed by atoms with Crippen molar-refractivity contribution in [3.63, 3.8) is 0 Å². The van der Waals surface area contributed by atoms with Crippen LogP contribution in [0, 0.1) is 0 Å². The van der Waals surface area contributed by atoms with E-state index in [2.05, 4.69) is 0 Å². The number of sulfonamides is 1. The van der Waals surface area contributed by atoms with Gasteiger partial charge in [-0.2, -0.15) is 0 Å². The number of hydrogen-bond donors (Lipinski definition) is 0. The number of ether oxygens (including phenoxy) is 2.